The summed E-state index contributed by atoms with van der Waals surface area (Å²) in [6.07, 6.45) is 6.91. The van der Waals surface area contributed by atoms with Gasteiger partial charge in [-0.25, -0.2) is 4.98 Å². The number of pyridine rings is 1. The maximum absolute atomic E-state index is 11.7. The third-order valence-electron chi connectivity index (χ3n) is 2.57. The van der Waals surface area contributed by atoms with E-state index in [1.54, 1.807) is 18.6 Å². The normalized spacial score (nSPS) is 12.6. The highest BCUT2D eigenvalue weighted by Gasteiger charge is 2.18. The zero-order chi connectivity index (χ0) is 11.5. The van der Waals surface area contributed by atoms with Crippen molar-refractivity contribution in [3.8, 4) is 0 Å². The van der Waals surface area contributed by atoms with Gasteiger partial charge in [-0.2, -0.15) is 0 Å². The molecule has 84 valence electrons. The van der Waals surface area contributed by atoms with E-state index in [0.29, 0.717) is 5.56 Å². The van der Waals surface area contributed by atoms with Gasteiger partial charge >= 0.3 is 0 Å². The highest BCUT2D eigenvalue weighted by Crippen LogP contribution is 2.15. The quantitative estimate of drug-likeness (QED) is 0.784. The van der Waals surface area contributed by atoms with Gasteiger partial charge in [0, 0.05) is 43.5 Å². The number of hydrogen-bond acceptors (Lipinski definition) is 3. The second-order valence-electron chi connectivity index (χ2n) is 3.58. The van der Waals surface area contributed by atoms with Gasteiger partial charge in [-0.05, 0) is 7.05 Å². The molecule has 16 heavy (non-hydrogen) atoms. The minimum Gasteiger partial charge on any atom is -0.367 e. The molecule has 0 amide bonds. The first-order valence-corrected chi connectivity index (χ1v) is 5.05. The standard InChI is InChI=1S/C11H14N4O/c1-12-10(11-14-5-6-15(11)2)8-7-13-4-3-9(8)16/h3-7,10,12H,1-2H3,(H,13,16). The molecule has 0 saturated carbocycles. The molecule has 0 aliphatic carbocycles. The SMILES string of the molecule is CNC(c1c[nH]ccc1=O)c1nccn1C. The summed E-state index contributed by atoms with van der Waals surface area (Å²) in [7, 11) is 3.72. The first-order valence-electron chi connectivity index (χ1n) is 5.05. The molecular weight excluding hydrogens is 204 g/mol. The summed E-state index contributed by atoms with van der Waals surface area (Å²) >= 11 is 0. The van der Waals surface area contributed by atoms with Crippen molar-refractivity contribution in [1.29, 1.82) is 0 Å². The average molecular weight is 218 g/mol. The lowest BCUT2D eigenvalue weighted by Crippen LogP contribution is -2.26. The number of imidazole rings is 1. The summed E-state index contributed by atoms with van der Waals surface area (Å²) in [5, 5.41) is 3.10. The third-order valence-corrected chi connectivity index (χ3v) is 2.57. The summed E-state index contributed by atoms with van der Waals surface area (Å²) in [6.45, 7) is 0. The Bertz CT molecular complexity index is 529. The number of nitrogens with one attached hydrogen (secondary N) is 2. The molecule has 0 bridgehead atoms. The third kappa shape index (κ3) is 1.77. The summed E-state index contributed by atoms with van der Waals surface area (Å²) in [5.41, 5.74) is 0.667. The molecule has 0 aromatic carbocycles. The number of H-pyrrole nitrogens is 1. The van der Waals surface area contributed by atoms with Crippen molar-refractivity contribution in [2.45, 2.75) is 6.04 Å². The lowest BCUT2D eigenvalue weighted by atomic mass is 10.1. The molecule has 0 radical (unpaired) electrons. The average Bonchev–Trinajstić information content (AvgIpc) is 2.69. The molecule has 5 heteroatoms. The van der Waals surface area contributed by atoms with Crippen LogP contribution in [0.1, 0.15) is 17.4 Å². The molecule has 0 spiro atoms. The van der Waals surface area contributed by atoms with Gasteiger partial charge in [-0.3, -0.25) is 4.79 Å². The monoisotopic (exact) mass is 218 g/mol. The molecule has 2 rings (SSSR count). The zero-order valence-electron chi connectivity index (χ0n) is 9.27. The summed E-state index contributed by atoms with van der Waals surface area (Å²) in [5.74, 6) is 0.819. The van der Waals surface area contributed by atoms with Crippen LogP contribution in [-0.4, -0.2) is 21.6 Å². The zero-order valence-corrected chi connectivity index (χ0v) is 9.27. The maximum Gasteiger partial charge on any atom is 0.186 e. The van der Waals surface area contributed by atoms with Crippen LogP contribution in [-0.2, 0) is 7.05 Å². The Kier molecular flexibility index (Phi) is 2.87. The van der Waals surface area contributed by atoms with Crippen molar-refractivity contribution in [1.82, 2.24) is 19.9 Å². The van der Waals surface area contributed by atoms with E-state index in [0.717, 1.165) is 5.82 Å². The van der Waals surface area contributed by atoms with Gasteiger partial charge in [0.05, 0.1) is 6.04 Å². The Hall–Kier alpha value is -1.88. The molecular formula is C11H14N4O. The second kappa shape index (κ2) is 4.32. The first kappa shape index (κ1) is 10.6. The number of aromatic amines is 1. The van der Waals surface area contributed by atoms with E-state index < -0.39 is 0 Å². The van der Waals surface area contributed by atoms with Crippen LogP contribution in [0.3, 0.4) is 0 Å². The van der Waals surface area contributed by atoms with E-state index in [9.17, 15) is 4.79 Å². The molecule has 0 aliphatic heterocycles. The Morgan fingerprint density at radius 2 is 2.38 bits per heavy atom. The summed E-state index contributed by atoms with van der Waals surface area (Å²) in [4.78, 5) is 18.9. The van der Waals surface area contributed by atoms with Crippen LogP contribution >= 0.6 is 0 Å². The Balaban J connectivity index is 2.49. The minimum atomic E-state index is -0.190. The van der Waals surface area contributed by atoms with Crippen LogP contribution in [0.2, 0.25) is 0 Å². The predicted octanol–water partition coefficient (Wildman–Crippen LogP) is 0.417. The molecule has 2 N–H and O–H groups in total. The molecule has 1 atom stereocenters. The van der Waals surface area contributed by atoms with E-state index in [-0.39, 0.29) is 11.5 Å². The molecule has 0 saturated heterocycles. The molecule has 2 aromatic heterocycles. The number of nitrogens with zero attached hydrogens (tertiary/aromatic N) is 2. The smallest absolute Gasteiger partial charge is 0.186 e. The maximum atomic E-state index is 11.7. The fraction of sp³-hybridized carbons (Fsp3) is 0.273. The Morgan fingerprint density at radius 1 is 1.56 bits per heavy atom. The van der Waals surface area contributed by atoms with E-state index in [2.05, 4.69) is 15.3 Å². The molecule has 0 aliphatic rings. The number of hydrogen-bond donors (Lipinski definition) is 2. The largest absolute Gasteiger partial charge is 0.367 e. The van der Waals surface area contributed by atoms with Gasteiger partial charge in [0.15, 0.2) is 5.43 Å². The van der Waals surface area contributed by atoms with Crippen molar-refractivity contribution in [2.24, 2.45) is 7.05 Å². The van der Waals surface area contributed by atoms with Crippen molar-refractivity contribution >= 4 is 0 Å². The fourth-order valence-corrected chi connectivity index (χ4v) is 1.73. The predicted molar refractivity (Wildman–Crippen MR) is 61.2 cm³/mol. The number of rotatable bonds is 3. The van der Waals surface area contributed by atoms with Gasteiger partial charge in [0.1, 0.15) is 5.82 Å². The number of aromatic nitrogens is 3. The summed E-state index contributed by atoms with van der Waals surface area (Å²) < 4.78 is 1.90. The second-order valence-corrected chi connectivity index (χ2v) is 3.58. The Morgan fingerprint density at radius 3 is 2.94 bits per heavy atom. The highest BCUT2D eigenvalue weighted by atomic mass is 16.1. The van der Waals surface area contributed by atoms with Crippen LogP contribution in [0.4, 0.5) is 0 Å². The number of aryl methyl sites for hydroxylation is 1. The topological polar surface area (TPSA) is 62.7 Å². The van der Waals surface area contributed by atoms with Crippen LogP contribution in [0.5, 0.6) is 0 Å². The van der Waals surface area contributed by atoms with Crippen LogP contribution in [0, 0.1) is 0 Å². The van der Waals surface area contributed by atoms with Crippen LogP contribution < -0.4 is 10.7 Å². The van der Waals surface area contributed by atoms with Gasteiger partial charge in [0.25, 0.3) is 0 Å². The van der Waals surface area contributed by atoms with Crippen molar-refractivity contribution in [2.75, 3.05) is 7.05 Å². The summed E-state index contributed by atoms with van der Waals surface area (Å²) in [6, 6.07) is 1.33. The van der Waals surface area contributed by atoms with E-state index >= 15 is 0 Å². The van der Waals surface area contributed by atoms with Gasteiger partial charge in [-0.1, -0.05) is 0 Å². The lowest BCUT2D eigenvalue weighted by Gasteiger charge is -2.15. The van der Waals surface area contributed by atoms with Crippen molar-refractivity contribution < 1.29 is 0 Å². The van der Waals surface area contributed by atoms with Crippen LogP contribution in [0.15, 0.2) is 35.6 Å². The Labute approximate surface area is 93.2 Å². The van der Waals surface area contributed by atoms with Crippen molar-refractivity contribution in [3.63, 3.8) is 0 Å². The molecule has 2 heterocycles. The van der Waals surface area contributed by atoms with Gasteiger partial charge in [0.2, 0.25) is 0 Å². The molecule has 5 nitrogen and oxygen atoms in total. The van der Waals surface area contributed by atoms with Crippen molar-refractivity contribution in [3.05, 3.63) is 52.5 Å². The van der Waals surface area contributed by atoms with Crippen LogP contribution in [0.25, 0.3) is 0 Å². The lowest BCUT2D eigenvalue weighted by molar-refractivity contribution is 0.612. The van der Waals surface area contributed by atoms with Gasteiger partial charge in [-0.15, -0.1) is 0 Å². The highest BCUT2D eigenvalue weighted by molar-refractivity contribution is 5.22. The van der Waals surface area contributed by atoms with E-state index in [1.807, 2.05) is 24.9 Å². The van der Waals surface area contributed by atoms with E-state index in [1.165, 1.54) is 6.07 Å². The van der Waals surface area contributed by atoms with Gasteiger partial charge < -0.3 is 14.9 Å². The molecule has 0 fully saturated rings. The molecule has 1 unspecified atom stereocenters. The first-order chi connectivity index (χ1) is 7.74. The fourth-order valence-electron chi connectivity index (χ4n) is 1.73. The van der Waals surface area contributed by atoms with E-state index in [4.69, 9.17) is 0 Å². The minimum absolute atomic E-state index is 0.00102. The molecule has 2 aromatic rings.